The highest BCUT2D eigenvalue weighted by atomic mass is 32.2. The third-order valence-electron chi connectivity index (χ3n) is 5.16. The zero-order valence-corrected chi connectivity index (χ0v) is 18.9. The zero-order chi connectivity index (χ0) is 23.0. The Morgan fingerprint density at radius 2 is 1.41 bits per heavy atom. The van der Waals surface area contributed by atoms with Crippen molar-refractivity contribution < 1.29 is 22.7 Å². The van der Waals surface area contributed by atoms with Gasteiger partial charge in [0.1, 0.15) is 0 Å². The highest BCUT2D eigenvalue weighted by Gasteiger charge is 2.29. The van der Waals surface area contributed by atoms with E-state index in [0.717, 1.165) is 11.1 Å². The van der Waals surface area contributed by atoms with Crippen LogP contribution in [0.3, 0.4) is 0 Å². The molecule has 0 spiro atoms. The number of ether oxygens (including phenoxy) is 1. The van der Waals surface area contributed by atoms with Crippen LogP contribution < -0.4 is 0 Å². The summed E-state index contributed by atoms with van der Waals surface area (Å²) in [5.41, 5.74) is 2.73. The molecule has 0 atom stereocenters. The van der Waals surface area contributed by atoms with Crippen molar-refractivity contribution in [2.45, 2.75) is 6.42 Å². The van der Waals surface area contributed by atoms with Crippen molar-refractivity contribution in [3.63, 3.8) is 0 Å². The van der Waals surface area contributed by atoms with E-state index in [1.807, 2.05) is 60.7 Å². The van der Waals surface area contributed by atoms with Crippen molar-refractivity contribution in [1.29, 1.82) is 0 Å². The van der Waals surface area contributed by atoms with Gasteiger partial charge in [0.2, 0.25) is 5.91 Å². The van der Waals surface area contributed by atoms with Crippen LogP contribution in [0.15, 0.2) is 71.8 Å². The molecule has 1 aliphatic heterocycles. The summed E-state index contributed by atoms with van der Waals surface area (Å²) in [5.74, 6) is -0.756. The Hall–Kier alpha value is -3.03. The van der Waals surface area contributed by atoms with Crippen LogP contribution in [0.5, 0.6) is 0 Å². The van der Waals surface area contributed by atoms with E-state index in [1.165, 1.54) is 7.11 Å². The van der Waals surface area contributed by atoms with E-state index in [-0.39, 0.29) is 49.3 Å². The maximum absolute atomic E-state index is 13.2. The molecule has 0 aromatic heterocycles. The molecule has 0 bridgehead atoms. The van der Waals surface area contributed by atoms with E-state index in [1.54, 1.807) is 17.1 Å². The zero-order valence-electron chi connectivity index (χ0n) is 18.1. The minimum atomic E-state index is -3.38. The molecule has 1 aliphatic rings. The second-order valence-electron chi connectivity index (χ2n) is 7.63. The summed E-state index contributed by atoms with van der Waals surface area (Å²) < 4.78 is 29.1. The van der Waals surface area contributed by atoms with E-state index < -0.39 is 9.84 Å². The number of sulfone groups is 1. The van der Waals surface area contributed by atoms with Crippen LogP contribution in [0, 0.1) is 0 Å². The van der Waals surface area contributed by atoms with Gasteiger partial charge >= 0.3 is 0 Å². The Labute approximate surface area is 189 Å². The Morgan fingerprint density at radius 3 is 1.88 bits per heavy atom. The fraction of sp³-hybridized carbons (Fsp3) is 0.280. The van der Waals surface area contributed by atoms with Crippen LogP contribution in [-0.2, 0) is 24.2 Å². The molecular weight excluding hydrogens is 426 g/mol. The van der Waals surface area contributed by atoms with Crippen LogP contribution in [0.25, 0.3) is 12.2 Å². The van der Waals surface area contributed by atoms with Gasteiger partial charge in [-0.2, -0.15) is 0 Å². The first kappa shape index (κ1) is 23.6. The van der Waals surface area contributed by atoms with Gasteiger partial charge in [0, 0.05) is 37.8 Å². The molecule has 0 saturated carbocycles. The normalized spacial score (nSPS) is 17.2. The fourth-order valence-electron chi connectivity index (χ4n) is 3.43. The maximum Gasteiger partial charge on any atom is 0.224 e. The molecule has 2 aromatic carbocycles. The van der Waals surface area contributed by atoms with Crippen LogP contribution in [0.4, 0.5) is 0 Å². The van der Waals surface area contributed by atoms with Gasteiger partial charge < -0.3 is 9.64 Å². The summed E-state index contributed by atoms with van der Waals surface area (Å²) in [6.07, 6.45) is 3.45. The van der Waals surface area contributed by atoms with E-state index in [9.17, 15) is 18.0 Å². The number of rotatable bonds is 8. The SMILES string of the molecule is COCCS(=O)(=O)CCC(=O)N1C/C(=C\c2ccccc2)C(=O)/C(=C/c2ccccc2)C1. The quantitative estimate of drug-likeness (QED) is 0.574. The van der Waals surface area contributed by atoms with E-state index in [4.69, 9.17) is 4.74 Å². The van der Waals surface area contributed by atoms with Gasteiger partial charge in [-0.1, -0.05) is 60.7 Å². The van der Waals surface area contributed by atoms with Gasteiger partial charge in [-0.15, -0.1) is 0 Å². The molecule has 32 heavy (non-hydrogen) atoms. The molecule has 7 heteroatoms. The van der Waals surface area contributed by atoms with Gasteiger partial charge in [0.05, 0.1) is 18.1 Å². The van der Waals surface area contributed by atoms with Gasteiger partial charge in [-0.25, -0.2) is 8.42 Å². The molecule has 0 aliphatic carbocycles. The Balaban J connectivity index is 1.84. The number of likely N-dealkylation sites (tertiary alicyclic amines) is 1. The second-order valence-corrected chi connectivity index (χ2v) is 9.94. The Bertz CT molecular complexity index is 1040. The molecular formula is C25H27NO5S. The lowest BCUT2D eigenvalue weighted by Crippen LogP contribution is -2.42. The molecule has 2 aromatic rings. The summed E-state index contributed by atoms with van der Waals surface area (Å²) in [7, 11) is -1.94. The van der Waals surface area contributed by atoms with Crippen LogP contribution in [0.1, 0.15) is 17.5 Å². The topological polar surface area (TPSA) is 80.8 Å². The Kier molecular flexibility index (Phi) is 8.14. The minimum Gasteiger partial charge on any atom is -0.384 e. The number of hydrogen-bond donors (Lipinski definition) is 0. The first-order valence-electron chi connectivity index (χ1n) is 10.4. The van der Waals surface area contributed by atoms with E-state index in [0.29, 0.717) is 11.1 Å². The molecule has 1 fully saturated rings. The van der Waals surface area contributed by atoms with E-state index in [2.05, 4.69) is 0 Å². The summed E-state index contributed by atoms with van der Waals surface area (Å²) in [6.45, 7) is 0.399. The number of piperidine rings is 1. The standard InChI is InChI=1S/C25H27NO5S/c1-31-13-15-32(29,30)14-12-24(27)26-18-22(16-20-8-4-2-5-9-20)25(28)23(19-26)17-21-10-6-3-7-11-21/h2-11,16-17H,12-15,18-19H2,1H3/b22-16+,23-17+. The largest absolute Gasteiger partial charge is 0.384 e. The fourth-order valence-corrected chi connectivity index (χ4v) is 4.54. The molecule has 1 saturated heterocycles. The molecule has 6 nitrogen and oxygen atoms in total. The predicted molar refractivity (Wildman–Crippen MR) is 126 cm³/mol. The summed E-state index contributed by atoms with van der Waals surface area (Å²) in [5, 5.41) is 0. The van der Waals surface area contributed by atoms with Crippen LogP contribution in [-0.4, -0.2) is 63.3 Å². The summed E-state index contributed by atoms with van der Waals surface area (Å²) in [4.78, 5) is 27.6. The molecule has 0 N–H and O–H groups in total. The van der Waals surface area contributed by atoms with Crippen molar-refractivity contribution in [1.82, 2.24) is 4.90 Å². The predicted octanol–water partition coefficient (Wildman–Crippen LogP) is 3.02. The average molecular weight is 454 g/mol. The highest BCUT2D eigenvalue weighted by Crippen LogP contribution is 2.23. The number of hydrogen-bond acceptors (Lipinski definition) is 5. The molecule has 1 heterocycles. The lowest BCUT2D eigenvalue weighted by atomic mass is 9.94. The molecule has 168 valence electrons. The lowest BCUT2D eigenvalue weighted by Gasteiger charge is -2.30. The third-order valence-corrected chi connectivity index (χ3v) is 6.78. The van der Waals surface area contributed by atoms with Crippen molar-refractivity contribution >= 4 is 33.7 Å². The highest BCUT2D eigenvalue weighted by molar-refractivity contribution is 7.91. The van der Waals surface area contributed by atoms with Crippen LogP contribution in [0.2, 0.25) is 0 Å². The van der Waals surface area contributed by atoms with Crippen LogP contribution >= 0.6 is 0 Å². The minimum absolute atomic E-state index is 0.0999. The second kappa shape index (κ2) is 11.0. The molecule has 0 unspecified atom stereocenters. The van der Waals surface area contributed by atoms with Gasteiger partial charge in [0.15, 0.2) is 15.6 Å². The number of carbonyl (C=O) groups excluding carboxylic acids is 2. The van der Waals surface area contributed by atoms with Crippen molar-refractivity contribution in [2.24, 2.45) is 0 Å². The number of methoxy groups -OCH3 is 1. The number of nitrogens with zero attached hydrogens (tertiary/aromatic N) is 1. The van der Waals surface area contributed by atoms with E-state index >= 15 is 0 Å². The Morgan fingerprint density at radius 1 is 0.906 bits per heavy atom. The molecule has 1 amide bonds. The monoisotopic (exact) mass is 453 g/mol. The first-order chi connectivity index (χ1) is 15.4. The third kappa shape index (κ3) is 6.73. The summed E-state index contributed by atoms with van der Waals surface area (Å²) in [6, 6.07) is 18.9. The van der Waals surface area contributed by atoms with Crippen molar-refractivity contribution in [2.75, 3.05) is 38.3 Å². The van der Waals surface area contributed by atoms with Gasteiger partial charge in [-0.3, -0.25) is 9.59 Å². The molecule has 3 rings (SSSR count). The lowest BCUT2D eigenvalue weighted by molar-refractivity contribution is -0.130. The maximum atomic E-state index is 13.2. The van der Waals surface area contributed by atoms with Crippen molar-refractivity contribution in [3.05, 3.63) is 82.9 Å². The van der Waals surface area contributed by atoms with Gasteiger partial charge in [0.25, 0.3) is 0 Å². The number of ketones is 1. The summed E-state index contributed by atoms with van der Waals surface area (Å²) >= 11 is 0. The van der Waals surface area contributed by atoms with Gasteiger partial charge in [-0.05, 0) is 23.3 Å². The number of carbonyl (C=O) groups is 2. The first-order valence-corrected chi connectivity index (χ1v) is 12.2. The number of Topliss-reactive ketones (excluding diaryl/α,β-unsaturated/α-hetero) is 1. The van der Waals surface area contributed by atoms with Crippen molar-refractivity contribution in [3.8, 4) is 0 Å². The smallest absolute Gasteiger partial charge is 0.224 e. The molecule has 0 radical (unpaired) electrons. The number of benzene rings is 2. The number of amides is 1. The average Bonchev–Trinajstić information content (AvgIpc) is 2.80.